The van der Waals surface area contributed by atoms with Gasteiger partial charge in [0.2, 0.25) is 11.8 Å². The number of rotatable bonds is 5. The quantitative estimate of drug-likeness (QED) is 0.842. The second-order valence-corrected chi connectivity index (χ2v) is 5.95. The third kappa shape index (κ3) is 3.13. The van der Waals surface area contributed by atoms with E-state index in [1.807, 2.05) is 25.7 Å². The molecule has 7 nitrogen and oxygen atoms in total. The van der Waals surface area contributed by atoms with Gasteiger partial charge in [-0.05, 0) is 33.1 Å². The minimum Gasteiger partial charge on any atom is -0.361 e. The van der Waals surface area contributed by atoms with Crippen LogP contribution in [0.15, 0.2) is 9.05 Å². The van der Waals surface area contributed by atoms with E-state index in [-0.39, 0.29) is 11.9 Å². The van der Waals surface area contributed by atoms with E-state index in [9.17, 15) is 4.79 Å². The van der Waals surface area contributed by atoms with Gasteiger partial charge in [0, 0.05) is 24.9 Å². The molecule has 23 heavy (non-hydrogen) atoms. The second-order valence-electron chi connectivity index (χ2n) is 5.95. The fourth-order valence-corrected chi connectivity index (χ4v) is 3.11. The Labute approximate surface area is 135 Å². The summed E-state index contributed by atoms with van der Waals surface area (Å²) in [6, 6.07) is -0.0591. The lowest BCUT2D eigenvalue weighted by molar-refractivity contribution is -0.132. The number of likely N-dealkylation sites (tertiary alicyclic amines) is 1. The maximum atomic E-state index is 12.6. The molecular formula is C16H22N4O3. The molecule has 1 amide bonds. The number of hydrogen-bond acceptors (Lipinski definition) is 6. The molecule has 7 heteroatoms. The van der Waals surface area contributed by atoms with E-state index in [0.29, 0.717) is 31.0 Å². The Morgan fingerprint density at radius 1 is 1.30 bits per heavy atom. The predicted molar refractivity (Wildman–Crippen MR) is 81.7 cm³/mol. The Morgan fingerprint density at radius 2 is 2.13 bits per heavy atom. The van der Waals surface area contributed by atoms with Crippen LogP contribution >= 0.6 is 0 Å². The van der Waals surface area contributed by atoms with E-state index in [0.717, 1.165) is 36.4 Å². The molecular weight excluding hydrogens is 296 g/mol. The number of aryl methyl sites for hydroxylation is 3. The Hall–Kier alpha value is -2.18. The Morgan fingerprint density at radius 3 is 2.78 bits per heavy atom. The minimum atomic E-state index is -0.0591. The summed E-state index contributed by atoms with van der Waals surface area (Å²) in [6.45, 7) is 6.50. The maximum absolute atomic E-state index is 12.6. The van der Waals surface area contributed by atoms with Crippen LogP contribution in [0, 0.1) is 13.8 Å². The average Bonchev–Trinajstić information content (AvgIpc) is 3.25. The van der Waals surface area contributed by atoms with Crippen LogP contribution in [-0.4, -0.2) is 32.6 Å². The molecule has 1 aliphatic rings. The highest BCUT2D eigenvalue weighted by Crippen LogP contribution is 2.31. The van der Waals surface area contributed by atoms with Crippen molar-refractivity contribution in [3.8, 4) is 0 Å². The van der Waals surface area contributed by atoms with Crippen molar-refractivity contribution in [2.45, 2.75) is 58.9 Å². The van der Waals surface area contributed by atoms with Gasteiger partial charge in [-0.25, -0.2) is 0 Å². The number of carbonyl (C=O) groups is 1. The van der Waals surface area contributed by atoms with E-state index in [1.54, 1.807) is 0 Å². The highest BCUT2D eigenvalue weighted by molar-refractivity contribution is 5.77. The summed E-state index contributed by atoms with van der Waals surface area (Å²) < 4.78 is 10.3. The molecule has 124 valence electrons. The first-order valence-corrected chi connectivity index (χ1v) is 8.13. The van der Waals surface area contributed by atoms with Crippen molar-refractivity contribution in [3.63, 3.8) is 0 Å². The number of amides is 1. The number of nitrogens with zero attached hydrogens (tertiary/aromatic N) is 4. The zero-order valence-electron chi connectivity index (χ0n) is 13.8. The lowest BCUT2D eigenvalue weighted by atomic mass is 10.1. The van der Waals surface area contributed by atoms with Crippen molar-refractivity contribution < 1.29 is 13.8 Å². The molecule has 1 atom stereocenters. The minimum absolute atomic E-state index is 0.0591. The zero-order chi connectivity index (χ0) is 16.4. The van der Waals surface area contributed by atoms with Gasteiger partial charge in [-0.2, -0.15) is 4.98 Å². The largest absolute Gasteiger partial charge is 0.361 e. The van der Waals surface area contributed by atoms with Gasteiger partial charge in [0.15, 0.2) is 5.82 Å². The maximum Gasteiger partial charge on any atom is 0.226 e. The van der Waals surface area contributed by atoms with Gasteiger partial charge in [-0.15, -0.1) is 0 Å². The Kier molecular flexibility index (Phi) is 4.45. The third-order valence-corrected chi connectivity index (χ3v) is 4.43. The summed E-state index contributed by atoms with van der Waals surface area (Å²) in [6.07, 6.45) is 3.66. The number of carbonyl (C=O) groups excluding carboxylic acids is 1. The van der Waals surface area contributed by atoms with Gasteiger partial charge in [-0.1, -0.05) is 17.2 Å². The van der Waals surface area contributed by atoms with Crippen molar-refractivity contribution in [2.24, 2.45) is 0 Å². The van der Waals surface area contributed by atoms with Crippen LogP contribution in [0.1, 0.15) is 61.0 Å². The van der Waals surface area contributed by atoms with Crippen molar-refractivity contribution in [1.82, 2.24) is 20.2 Å². The molecule has 0 bridgehead atoms. The average molecular weight is 318 g/mol. The van der Waals surface area contributed by atoms with Crippen LogP contribution in [0.5, 0.6) is 0 Å². The van der Waals surface area contributed by atoms with Gasteiger partial charge in [-0.3, -0.25) is 4.79 Å². The van der Waals surface area contributed by atoms with E-state index in [4.69, 9.17) is 9.05 Å². The lowest BCUT2D eigenvalue weighted by Crippen LogP contribution is -2.31. The first-order chi connectivity index (χ1) is 11.1. The fourth-order valence-electron chi connectivity index (χ4n) is 3.11. The first-order valence-electron chi connectivity index (χ1n) is 8.13. The molecule has 0 radical (unpaired) electrons. The highest BCUT2D eigenvalue weighted by atomic mass is 16.5. The van der Waals surface area contributed by atoms with Crippen LogP contribution in [0.4, 0.5) is 0 Å². The summed E-state index contributed by atoms with van der Waals surface area (Å²) in [7, 11) is 0. The fraction of sp³-hybridized carbons (Fsp3) is 0.625. The molecule has 1 unspecified atom stereocenters. The molecule has 0 N–H and O–H groups in total. The number of hydrogen-bond donors (Lipinski definition) is 0. The van der Waals surface area contributed by atoms with Gasteiger partial charge in [0.25, 0.3) is 0 Å². The molecule has 1 fully saturated rings. The molecule has 0 saturated carbocycles. The SMILES string of the molecule is CCc1nc(C2CCCN2C(=O)CCc2c(C)noc2C)no1. The summed E-state index contributed by atoms with van der Waals surface area (Å²) in [5, 5.41) is 7.97. The Balaban J connectivity index is 1.66. The van der Waals surface area contributed by atoms with E-state index in [2.05, 4.69) is 15.3 Å². The number of aromatic nitrogens is 3. The molecule has 3 rings (SSSR count). The second kappa shape index (κ2) is 6.52. The van der Waals surface area contributed by atoms with Crippen molar-refractivity contribution in [1.29, 1.82) is 0 Å². The third-order valence-electron chi connectivity index (χ3n) is 4.43. The van der Waals surface area contributed by atoms with E-state index < -0.39 is 0 Å². The predicted octanol–water partition coefficient (Wildman–Crippen LogP) is 2.53. The highest BCUT2D eigenvalue weighted by Gasteiger charge is 2.33. The first kappa shape index (κ1) is 15.7. The van der Waals surface area contributed by atoms with Crippen LogP contribution in [0.2, 0.25) is 0 Å². The normalized spacial score (nSPS) is 17.9. The molecule has 3 heterocycles. The van der Waals surface area contributed by atoms with E-state index in [1.165, 1.54) is 0 Å². The van der Waals surface area contributed by atoms with Crippen molar-refractivity contribution in [2.75, 3.05) is 6.54 Å². The zero-order valence-corrected chi connectivity index (χ0v) is 13.8. The smallest absolute Gasteiger partial charge is 0.226 e. The monoisotopic (exact) mass is 318 g/mol. The van der Waals surface area contributed by atoms with Gasteiger partial charge < -0.3 is 13.9 Å². The molecule has 2 aromatic heterocycles. The summed E-state index contributed by atoms with van der Waals surface area (Å²) in [4.78, 5) is 18.9. The molecule has 2 aromatic rings. The van der Waals surface area contributed by atoms with Crippen LogP contribution < -0.4 is 0 Å². The molecule has 0 spiro atoms. The molecule has 0 aromatic carbocycles. The van der Waals surface area contributed by atoms with Crippen LogP contribution in [0.3, 0.4) is 0 Å². The van der Waals surface area contributed by atoms with E-state index >= 15 is 0 Å². The topological polar surface area (TPSA) is 85.3 Å². The van der Waals surface area contributed by atoms with Gasteiger partial charge in [0.05, 0.1) is 11.7 Å². The Bertz CT molecular complexity index is 672. The summed E-state index contributed by atoms with van der Waals surface area (Å²) in [5.41, 5.74) is 1.89. The van der Waals surface area contributed by atoms with Crippen molar-refractivity contribution >= 4 is 5.91 Å². The van der Waals surface area contributed by atoms with Gasteiger partial charge >= 0.3 is 0 Å². The molecule has 0 aliphatic carbocycles. The lowest BCUT2D eigenvalue weighted by Gasteiger charge is -2.22. The summed E-state index contributed by atoms with van der Waals surface area (Å²) in [5.74, 6) is 2.16. The summed E-state index contributed by atoms with van der Waals surface area (Å²) >= 11 is 0. The van der Waals surface area contributed by atoms with Crippen LogP contribution in [0.25, 0.3) is 0 Å². The standard InChI is InChI=1S/C16H22N4O3/c1-4-14-17-16(19-23-14)13-6-5-9-20(13)15(21)8-7-12-10(2)18-22-11(12)3/h13H,4-9H2,1-3H3. The molecule has 1 saturated heterocycles. The van der Waals surface area contributed by atoms with Crippen molar-refractivity contribution in [3.05, 3.63) is 28.7 Å². The van der Waals surface area contributed by atoms with Crippen LogP contribution in [-0.2, 0) is 17.6 Å². The molecule has 1 aliphatic heterocycles. The van der Waals surface area contributed by atoms with Gasteiger partial charge in [0.1, 0.15) is 5.76 Å².